The van der Waals surface area contributed by atoms with Crippen LogP contribution in [0.15, 0.2) is 18.3 Å². The zero-order chi connectivity index (χ0) is 12.4. The van der Waals surface area contributed by atoms with E-state index in [2.05, 4.69) is 22.3 Å². The number of phenols is 1. The first-order chi connectivity index (χ1) is 8.08. The molecule has 1 aromatic carbocycles. The van der Waals surface area contributed by atoms with Crippen molar-refractivity contribution in [1.82, 2.24) is 15.4 Å². The number of hydrogen-bond acceptors (Lipinski definition) is 3. The van der Waals surface area contributed by atoms with Crippen molar-refractivity contribution in [3.63, 3.8) is 0 Å². The summed E-state index contributed by atoms with van der Waals surface area (Å²) in [7, 11) is 0. The lowest BCUT2D eigenvalue weighted by Gasteiger charge is -2.17. The zero-order valence-corrected chi connectivity index (χ0v) is 10.4. The standard InChI is InChI=1S/C13H17N3O/c1-8(4-11-7-14-16-15-11)13-9(2)5-12(17)6-10(13)3/h5-8,17H,4H2,1-3H3,(H,14,15,16). The summed E-state index contributed by atoms with van der Waals surface area (Å²) in [6, 6.07) is 3.61. The molecule has 17 heavy (non-hydrogen) atoms. The summed E-state index contributed by atoms with van der Waals surface area (Å²) in [5.41, 5.74) is 4.49. The molecule has 0 bridgehead atoms. The van der Waals surface area contributed by atoms with Crippen LogP contribution in [0.2, 0.25) is 0 Å². The molecular formula is C13H17N3O. The van der Waals surface area contributed by atoms with Crippen LogP contribution in [0.1, 0.15) is 35.2 Å². The quantitative estimate of drug-likeness (QED) is 0.853. The van der Waals surface area contributed by atoms with Gasteiger partial charge in [0.2, 0.25) is 0 Å². The Kier molecular flexibility index (Phi) is 3.13. The van der Waals surface area contributed by atoms with Crippen molar-refractivity contribution >= 4 is 0 Å². The van der Waals surface area contributed by atoms with Crippen LogP contribution in [0.5, 0.6) is 5.75 Å². The molecule has 0 saturated carbocycles. The van der Waals surface area contributed by atoms with Gasteiger partial charge in [0, 0.05) is 0 Å². The van der Waals surface area contributed by atoms with Gasteiger partial charge in [-0.1, -0.05) is 6.92 Å². The van der Waals surface area contributed by atoms with Crippen molar-refractivity contribution in [2.75, 3.05) is 0 Å². The number of aromatic amines is 1. The first kappa shape index (κ1) is 11.6. The van der Waals surface area contributed by atoms with Crippen LogP contribution in [0.3, 0.4) is 0 Å². The second-order valence-corrected chi connectivity index (χ2v) is 4.56. The highest BCUT2D eigenvalue weighted by Gasteiger charge is 2.14. The van der Waals surface area contributed by atoms with Crippen LogP contribution < -0.4 is 0 Å². The molecule has 2 N–H and O–H groups in total. The van der Waals surface area contributed by atoms with E-state index >= 15 is 0 Å². The van der Waals surface area contributed by atoms with Gasteiger partial charge in [0.15, 0.2) is 0 Å². The molecule has 90 valence electrons. The van der Waals surface area contributed by atoms with Gasteiger partial charge in [0.25, 0.3) is 0 Å². The van der Waals surface area contributed by atoms with Gasteiger partial charge < -0.3 is 5.11 Å². The minimum absolute atomic E-state index is 0.331. The number of nitrogens with zero attached hydrogens (tertiary/aromatic N) is 2. The number of rotatable bonds is 3. The number of benzene rings is 1. The molecule has 0 fully saturated rings. The Balaban J connectivity index is 2.27. The normalized spacial score (nSPS) is 12.6. The Hall–Kier alpha value is -1.84. The highest BCUT2D eigenvalue weighted by molar-refractivity contribution is 5.42. The van der Waals surface area contributed by atoms with E-state index < -0.39 is 0 Å². The number of hydrogen-bond donors (Lipinski definition) is 2. The monoisotopic (exact) mass is 231 g/mol. The van der Waals surface area contributed by atoms with Crippen molar-refractivity contribution in [3.8, 4) is 5.75 Å². The molecule has 1 atom stereocenters. The van der Waals surface area contributed by atoms with Gasteiger partial charge in [-0.25, -0.2) is 0 Å². The van der Waals surface area contributed by atoms with Gasteiger partial charge in [0.1, 0.15) is 5.75 Å². The van der Waals surface area contributed by atoms with Gasteiger partial charge in [0.05, 0.1) is 11.9 Å². The third kappa shape index (κ3) is 2.46. The maximum Gasteiger partial charge on any atom is 0.116 e. The number of aromatic nitrogens is 3. The summed E-state index contributed by atoms with van der Waals surface area (Å²) in [5, 5.41) is 20.0. The second-order valence-electron chi connectivity index (χ2n) is 4.56. The lowest BCUT2D eigenvalue weighted by Crippen LogP contribution is -2.03. The van der Waals surface area contributed by atoms with Gasteiger partial charge >= 0.3 is 0 Å². The van der Waals surface area contributed by atoms with Gasteiger partial charge in [-0.05, 0) is 55.0 Å². The molecule has 0 aliphatic heterocycles. The molecule has 4 nitrogen and oxygen atoms in total. The van der Waals surface area contributed by atoms with Crippen molar-refractivity contribution in [2.24, 2.45) is 0 Å². The van der Waals surface area contributed by atoms with Gasteiger partial charge in [-0.15, -0.1) is 0 Å². The average Bonchev–Trinajstić information content (AvgIpc) is 2.68. The third-order valence-corrected chi connectivity index (χ3v) is 3.05. The Morgan fingerprint density at radius 2 is 1.94 bits per heavy atom. The predicted octanol–water partition coefficient (Wildman–Crippen LogP) is 2.47. The summed E-state index contributed by atoms with van der Waals surface area (Å²) in [6.45, 7) is 6.23. The topological polar surface area (TPSA) is 61.8 Å². The average molecular weight is 231 g/mol. The van der Waals surface area contributed by atoms with Crippen molar-refractivity contribution in [1.29, 1.82) is 0 Å². The molecular weight excluding hydrogens is 214 g/mol. The van der Waals surface area contributed by atoms with E-state index in [1.54, 1.807) is 6.20 Å². The molecule has 0 spiro atoms. The summed E-state index contributed by atoms with van der Waals surface area (Å²) >= 11 is 0. The van der Waals surface area contributed by atoms with Crippen molar-refractivity contribution < 1.29 is 5.11 Å². The molecule has 1 heterocycles. The fourth-order valence-electron chi connectivity index (χ4n) is 2.47. The molecule has 2 aromatic rings. The smallest absolute Gasteiger partial charge is 0.116 e. The lowest BCUT2D eigenvalue weighted by atomic mass is 9.89. The van der Waals surface area contributed by atoms with E-state index in [0.29, 0.717) is 11.7 Å². The molecule has 0 saturated heterocycles. The van der Waals surface area contributed by atoms with E-state index in [9.17, 15) is 5.11 Å². The van der Waals surface area contributed by atoms with Crippen molar-refractivity contribution in [2.45, 2.75) is 33.1 Å². The summed E-state index contributed by atoms with van der Waals surface area (Å²) in [6.07, 6.45) is 2.60. The minimum Gasteiger partial charge on any atom is -0.508 e. The van der Waals surface area contributed by atoms with Crippen LogP contribution in [0.25, 0.3) is 0 Å². The first-order valence-corrected chi connectivity index (χ1v) is 5.72. The Morgan fingerprint density at radius 3 is 2.47 bits per heavy atom. The molecule has 1 unspecified atom stereocenters. The Bertz CT molecular complexity index is 482. The Morgan fingerprint density at radius 1 is 1.29 bits per heavy atom. The van der Waals surface area contributed by atoms with E-state index in [1.165, 1.54) is 5.56 Å². The molecule has 2 rings (SSSR count). The molecule has 0 aliphatic rings. The summed E-state index contributed by atoms with van der Waals surface area (Å²) in [5.74, 6) is 0.693. The highest BCUT2D eigenvalue weighted by Crippen LogP contribution is 2.29. The first-order valence-electron chi connectivity index (χ1n) is 5.72. The zero-order valence-electron chi connectivity index (χ0n) is 10.4. The summed E-state index contributed by atoms with van der Waals surface area (Å²) in [4.78, 5) is 0. The van der Waals surface area contributed by atoms with Crippen LogP contribution in [0.4, 0.5) is 0 Å². The highest BCUT2D eigenvalue weighted by atomic mass is 16.3. The van der Waals surface area contributed by atoms with E-state index in [1.807, 2.05) is 26.0 Å². The third-order valence-electron chi connectivity index (χ3n) is 3.05. The largest absolute Gasteiger partial charge is 0.508 e. The number of H-pyrrole nitrogens is 1. The molecule has 1 aromatic heterocycles. The van der Waals surface area contributed by atoms with Crippen LogP contribution in [0, 0.1) is 13.8 Å². The van der Waals surface area contributed by atoms with Crippen molar-refractivity contribution in [3.05, 3.63) is 40.7 Å². The SMILES string of the molecule is Cc1cc(O)cc(C)c1C(C)Cc1cn[nH]n1. The van der Waals surface area contributed by atoms with E-state index in [0.717, 1.165) is 23.2 Å². The molecule has 0 aliphatic carbocycles. The number of phenolic OH excluding ortho intramolecular Hbond substituents is 1. The van der Waals surface area contributed by atoms with Crippen LogP contribution in [-0.4, -0.2) is 20.5 Å². The number of aryl methyl sites for hydroxylation is 2. The number of nitrogens with one attached hydrogen (secondary N) is 1. The van der Waals surface area contributed by atoms with E-state index in [4.69, 9.17) is 0 Å². The Labute approximate surface area is 101 Å². The van der Waals surface area contributed by atoms with Crippen LogP contribution in [-0.2, 0) is 6.42 Å². The maximum absolute atomic E-state index is 9.53. The predicted molar refractivity (Wildman–Crippen MR) is 66.1 cm³/mol. The second kappa shape index (κ2) is 4.57. The molecule has 4 heteroatoms. The number of aromatic hydroxyl groups is 1. The van der Waals surface area contributed by atoms with Crippen LogP contribution >= 0.6 is 0 Å². The molecule has 0 radical (unpaired) electrons. The lowest BCUT2D eigenvalue weighted by molar-refractivity contribution is 0.473. The van der Waals surface area contributed by atoms with E-state index in [-0.39, 0.29) is 0 Å². The maximum atomic E-state index is 9.53. The fourth-order valence-corrected chi connectivity index (χ4v) is 2.47. The minimum atomic E-state index is 0.331. The summed E-state index contributed by atoms with van der Waals surface area (Å²) < 4.78 is 0. The fraction of sp³-hybridized carbons (Fsp3) is 0.385. The van der Waals surface area contributed by atoms with Gasteiger partial charge in [-0.2, -0.15) is 15.4 Å². The molecule has 0 amide bonds. The van der Waals surface area contributed by atoms with Gasteiger partial charge in [-0.3, -0.25) is 0 Å².